The van der Waals surface area contributed by atoms with Gasteiger partial charge in [-0.3, -0.25) is 4.79 Å². The van der Waals surface area contributed by atoms with Crippen LogP contribution in [-0.4, -0.2) is 17.4 Å². The normalized spacial score (nSPS) is 17.1. The van der Waals surface area contributed by atoms with Crippen LogP contribution < -0.4 is 0 Å². The second kappa shape index (κ2) is 10.1. The van der Waals surface area contributed by atoms with Gasteiger partial charge in [0.1, 0.15) is 0 Å². The zero-order chi connectivity index (χ0) is 23.0. The lowest BCUT2D eigenvalue weighted by atomic mass is 9.94. The van der Waals surface area contributed by atoms with Crippen molar-refractivity contribution in [3.05, 3.63) is 68.7 Å². The number of hydrogen-bond donors (Lipinski definition) is 0. The molecule has 2 aromatic rings. The summed E-state index contributed by atoms with van der Waals surface area (Å²) in [6.07, 6.45) is -8.42. The van der Waals surface area contributed by atoms with Crippen LogP contribution in [0, 0.1) is 0 Å². The van der Waals surface area contributed by atoms with Crippen LogP contribution in [-0.2, 0) is 23.6 Å². The highest BCUT2D eigenvalue weighted by Crippen LogP contribution is 2.38. The number of piperidine rings is 1. The van der Waals surface area contributed by atoms with Crippen LogP contribution in [0.3, 0.4) is 0 Å². The number of carbonyl (C=O) groups excluding carboxylic acids is 1. The van der Waals surface area contributed by atoms with Crippen LogP contribution in [0.2, 0.25) is 10.0 Å². The van der Waals surface area contributed by atoms with Crippen molar-refractivity contribution in [2.75, 3.05) is 6.54 Å². The van der Waals surface area contributed by atoms with Crippen LogP contribution in [0.25, 0.3) is 0 Å². The van der Waals surface area contributed by atoms with Crippen molar-refractivity contribution in [3.63, 3.8) is 0 Å². The van der Waals surface area contributed by atoms with Crippen LogP contribution in [0.5, 0.6) is 0 Å². The van der Waals surface area contributed by atoms with Gasteiger partial charge in [-0.1, -0.05) is 29.3 Å². The minimum Gasteiger partial charge on any atom is -0.335 e. The van der Waals surface area contributed by atoms with Crippen molar-refractivity contribution >= 4 is 41.5 Å². The maximum atomic E-state index is 13.1. The summed E-state index contributed by atoms with van der Waals surface area (Å²) in [4.78, 5) is 14.4. The highest BCUT2D eigenvalue weighted by molar-refractivity contribution is 6.42. The van der Waals surface area contributed by atoms with E-state index < -0.39 is 35.8 Å². The van der Waals surface area contributed by atoms with Crippen LogP contribution in [0.4, 0.5) is 26.3 Å². The first kappa shape index (κ1) is 26.6. The van der Waals surface area contributed by atoms with E-state index in [0.717, 1.165) is 6.42 Å². The third-order valence-electron chi connectivity index (χ3n) is 5.15. The number of nitrogens with zero attached hydrogens (tertiary/aromatic N) is 1. The summed E-state index contributed by atoms with van der Waals surface area (Å²) in [5, 5.41) is 0.632. The van der Waals surface area contributed by atoms with E-state index in [1.54, 1.807) is 18.2 Å². The van der Waals surface area contributed by atoms with E-state index in [2.05, 4.69) is 0 Å². The Morgan fingerprint density at radius 2 is 1.50 bits per heavy atom. The molecule has 2 aromatic carbocycles. The Morgan fingerprint density at radius 1 is 0.906 bits per heavy atom. The fourth-order valence-electron chi connectivity index (χ4n) is 3.69. The standard InChI is InChI=1S/C21H17Cl2F6NO.ClH/c22-16-5-4-13(10-17(16)23)18-3-1-2-6-30(18)19(31)9-12-7-14(20(24,25)26)11-15(8-12)21(27,28)29;/h4-5,7-8,10-11,18H,1-3,6,9H2;1H. The van der Waals surface area contributed by atoms with Crippen LogP contribution >= 0.6 is 35.6 Å². The van der Waals surface area contributed by atoms with Gasteiger partial charge in [-0.15, -0.1) is 12.4 Å². The van der Waals surface area contributed by atoms with Crippen molar-refractivity contribution in [3.8, 4) is 0 Å². The molecule has 3 rings (SSSR count). The molecule has 0 radical (unpaired) electrons. The summed E-state index contributed by atoms with van der Waals surface area (Å²) < 4.78 is 78.6. The Hall–Kier alpha value is -1.64. The minimum atomic E-state index is -4.97. The van der Waals surface area contributed by atoms with Gasteiger partial charge in [-0.2, -0.15) is 26.3 Å². The van der Waals surface area contributed by atoms with Gasteiger partial charge >= 0.3 is 12.4 Å². The van der Waals surface area contributed by atoms with E-state index in [-0.39, 0.29) is 30.1 Å². The number of rotatable bonds is 3. The maximum absolute atomic E-state index is 13.1. The van der Waals surface area contributed by atoms with Gasteiger partial charge < -0.3 is 4.90 Å². The van der Waals surface area contributed by atoms with E-state index in [4.69, 9.17) is 23.2 Å². The lowest BCUT2D eigenvalue weighted by molar-refractivity contribution is -0.143. The molecule has 1 heterocycles. The lowest BCUT2D eigenvalue weighted by Crippen LogP contribution is -2.39. The Kier molecular flexibility index (Phi) is 8.40. The zero-order valence-corrected chi connectivity index (χ0v) is 18.7. The first-order valence-electron chi connectivity index (χ1n) is 9.39. The summed E-state index contributed by atoms with van der Waals surface area (Å²) in [6.45, 7) is 0.342. The molecule has 0 aliphatic carbocycles. The predicted octanol–water partition coefficient (Wildman–Crippen LogP) is 7.75. The molecule has 11 heteroatoms. The number of benzene rings is 2. The SMILES string of the molecule is Cl.O=C(Cc1cc(C(F)(F)F)cc(C(F)(F)F)c1)N1CCCCC1c1ccc(Cl)c(Cl)c1. The first-order valence-corrected chi connectivity index (χ1v) is 10.1. The highest BCUT2D eigenvalue weighted by atomic mass is 35.5. The summed E-state index contributed by atoms with van der Waals surface area (Å²) in [5.74, 6) is -0.553. The lowest BCUT2D eigenvalue weighted by Gasteiger charge is -2.36. The molecule has 176 valence electrons. The summed E-state index contributed by atoms with van der Waals surface area (Å²) in [6, 6.07) is 5.75. The second-order valence-corrected chi connectivity index (χ2v) is 8.18. The Morgan fingerprint density at radius 3 is 2.03 bits per heavy atom. The number of halogens is 9. The maximum Gasteiger partial charge on any atom is 0.416 e. The quantitative estimate of drug-likeness (QED) is 0.379. The Balaban J connectivity index is 0.00000363. The van der Waals surface area contributed by atoms with E-state index >= 15 is 0 Å². The van der Waals surface area contributed by atoms with Crippen LogP contribution in [0.1, 0.15) is 47.6 Å². The van der Waals surface area contributed by atoms with E-state index in [1.807, 2.05) is 0 Å². The van der Waals surface area contributed by atoms with Gasteiger partial charge in [0.15, 0.2) is 0 Å². The van der Waals surface area contributed by atoms with Crippen molar-refractivity contribution in [2.45, 2.75) is 44.1 Å². The molecule has 0 spiro atoms. The highest BCUT2D eigenvalue weighted by Gasteiger charge is 2.37. The number of carbonyl (C=O) groups is 1. The van der Waals surface area contributed by atoms with E-state index in [1.165, 1.54) is 4.90 Å². The van der Waals surface area contributed by atoms with Crippen molar-refractivity contribution in [1.29, 1.82) is 0 Å². The number of hydrogen-bond acceptors (Lipinski definition) is 1. The monoisotopic (exact) mass is 519 g/mol. The average Bonchev–Trinajstić information content (AvgIpc) is 2.68. The Labute approximate surface area is 196 Å². The zero-order valence-electron chi connectivity index (χ0n) is 16.4. The van der Waals surface area contributed by atoms with E-state index in [9.17, 15) is 31.1 Å². The third-order valence-corrected chi connectivity index (χ3v) is 5.89. The summed E-state index contributed by atoms with van der Waals surface area (Å²) >= 11 is 12.0. The summed E-state index contributed by atoms with van der Waals surface area (Å²) in [5.41, 5.74) is -2.51. The molecule has 1 atom stereocenters. The largest absolute Gasteiger partial charge is 0.416 e. The molecule has 0 N–H and O–H groups in total. The number of likely N-dealkylation sites (tertiary alicyclic amines) is 1. The molecule has 0 bridgehead atoms. The predicted molar refractivity (Wildman–Crippen MR) is 112 cm³/mol. The summed E-state index contributed by atoms with van der Waals surface area (Å²) in [7, 11) is 0. The molecule has 2 nitrogen and oxygen atoms in total. The third kappa shape index (κ3) is 6.23. The van der Waals surface area contributed by atoms with E-state index in [0.29, 0.717) is 47.1 Å². The van der Waals surface area contributed by atoms with Crippen molar-refractivity contribution in [1.82, 2.24) is 4.90 Å². The van der Waals surface area contributed by atoms with Crippen LogP contribution in [0.15, 0.2) is 36.4 Å². The molecule has 32 heavy (non-hydrogen) atoms. The molecular formula is C21H18Cl3F6NO. The van der Waals surface area contributed by atoms with Crippen molar-refractivity contribution in [2.24, 2.45) is 0 Å². The van der Waals surface area contributed by atoms with Gasteiger partial charge in [0.2, 0.25) is 5.91 Å². The Bertz CT molecular complexity index is 945. The topological polar surface area (TPSA) is 20.3 Å². The molecule has 1 fully saturated rings. The number of alkyl halides is 6. The van der Waals surface area contributed by atoms with Gasteiger partial charge in [-0.05, 0) is 60.7 Å². The number of amides is 1. The smallest absolute Gasteiger partial charge is 0.335 e. The molecule has 1 unspecified atom stereocenters. The molecule has 0 saturated carbocycles. The fraction of sp³-hybridized carbons (Fsp3) is 0.381. The molecule has 0 aromatic heterocycles. The molecule has 1 amide bonds. The first-order chi connectivity index (χ1) is 14.4. The minimum absolute atomic E-state index is 0. The molecule has 1 aliphatic rings. The van der Waals surface area contributed by atoms with Gasteiger partial charge in [-0.25, -0.2) is 0 Å². The fourth-order valence-corrected chi connectivity index (χ4v) is 4.00. The van der Waals surface area contributed by atoms with Gasteiger partial charge in [0.05, 0.1) is 33.6 Å². The molecule has 1 saturated heterocycles. The van der Waals surface area contributed by atoms with Gasteiger partial charge in [0, 0.05) is 6.54 Å². The van der Waals surface area contributed by atoms with Gasteiger partial charge in [0.25, 0.3) is 0 Å². The molecule has 1 aliphatic heterocycles. The average molecular weight is 521 g/mol. The second-order valence-electron chi connectivity index (χ2n) is 7.36. The molecular weight excluding hydrogens is 503 g/mol. The van der Waals surface area contributed by atoms with Crippen molar-refractivity contribution < 1.29 is 31.1 Å².